The second kappa shape index (κ2) is 10.1. The van der Waals surface area contributed by atoms with Crippen LogP contribution in [0.25, 0.3) is 0 Å². The van der Waals surface area contributed by atoms with Gasteiger partial charge in [-0.05, 0) is 35.4 Å². The van der Waals surface area contributed by atoms with Crippen LogP contribution in [0, 0.1) is 0 Å². The van der Waals surface area contributed by atoms with Gasteiger partial charge in [-0.2, -0.15) is 0 Å². The molecule has 10 heteroatoms. The molecule has 0 saturated heterocycles. The summed E-state index contributed by atoms with van der Waals surface area (Å²) in [6.07, 6.45) is -8.75. The van der Waals surface area contributed by atoms with Gasteiger partial charge in [0.25, 0.3) is 0 Å². The third kappa shape index (κ3) is 7.59. The molecule has 0 aliphatic carbocycles. The highest BCUT2D eigenvalue weighted by Gasteiger charge is 2.34. The number of hydrogen-bond donors (Lipinski definition) is 1. The second-order valence-corrected chi connectivity index (χ2v) is 5.86. The summed E-state index contributed by atoms with van der Waals surface area (Å²) in [5.74, 6) is -0.800. The van der Waals surface area contributed by atoms with E-state index in [1.165, 1.54) is 31.4 Å². The normalized spacial score (nSPS) is 13.6. The highest BCUT2D eigenvalue weighted by molar-refractivity contribution is 5.72. The number of alkyl halides is 4. The lowest BCUT2D eigenvalue weighted by Crippen LogP contribution is -2.29. The molecular weight excluding hydrogens is 400 g/mol. The van der Waals surface area contributed by atoms with Gasteiger partial charge in [0.1, 0.15) is 18.1 Å². The number of rotatable bonds is 10. The summed E-state index contributed by atoms with van der Waals surface area (Å²) in [7, 11) is 1.47. The number of benzene rings is 2. The molecule has 0 spiro atoms. The van der Waals surface area contributed by atoms with E-state index in [1.807, 2.05) is 0 Å². The van der Waals surface area contributed by atoms with Crippen molar-refractivity contribution in [2.24, 2.45) is 0 Å². The largest absolute Gasteiger partial charge is 0.549 e. The summed E-state index contributed by atoms with van der Waals surface area (Å²) >= 11 is 0. The Bertz CT molecular complexity index is 794. The summed E-state index contributed by atoms with van der Waals surface area (Å²) in [4.78, 5) is 18.0. The first-order valence-corrected chi connectivity index (χ1v) is 8.31. The minimum Gasteiger partial charge on any atom is -0.497 e. The lowest BCUT2D eigenvalue weighted by atomic mass is 10.1. The molecule has 2 unspecified atom stereocenters. The molecule has 6 nitrogen and oxygen atoms in total. The van der Waals surface area contributed by atoms with E-state index in [0.29, 0.717) is 22.6 Å². The Kier molecular flexibility index (Phi) is 7.80. The highest BCUT2D eigenvalue weighted by Crippen LogP contribution is 2.24. The summed E-state index contributed by atoms with van der Waals surface area (Å²) < 4.78 is 60.7. The van der Waals surface area contributed by atoms with Crippen LogP contribution < -0.4 is 9.47 Å². The predicted octanol–water partition coefficient (Wildman–Crippen LogP) is 4.25. The minimum absolute atomic E-state index is 0.271. The molecule has 0 radical (unpaired) electrons. The van der Waals surface area contributed by atoms with Gasteiger partial charge in [-0.1, -0.05) is 24.3 Å². The molecule has 158 valence electrons. The van der Waals surface area contributed by atoms with Crippen LogP contribution in [-0.2, 0) is 21.0 Å². The van der Waals surface area contributed by atoms with Gasteiger partial charge in [-0.3, -0.25) is 0 Å². The quantitative estimate of drug-likeness (QED) is 0.353. The summed E-state index contributed by atoms with van der Waals surface area (Å²) in [5, 5.41) is 8.93. The minimum atomic E-state index is -5.11. The van der Waals surface area contributed by atoms with Crippen LogP contribution in [0.5, 0.6) is 11.5 Å². The van der Waals surface area contributed by atoms with Gasteiger partial charge in [-0.25, -0.2) is 14.1 Å². The van der Waals surface area contributed by atoms with Gasteiger partial charge in [0.05, 0.1) is 7.11 Å². The van der Waals surface area contributed by atoms with Crippen molar-refractivity contribution < 1.29 is 46.7 Å². The van der Waals surface area contributed by atoms with Crippen molar-refractivity contribution in [1.29, 1.82) is 0 Å². The molecule has 0 aliphatic heterocycles. The Balaban J connectivity index is 1.91. The van der Waals surface area contributed by atoms with E-state index in [2.05, 4.69) is 9.78 Å². The van der Waals surface area contributed by atoms with Crippen molar-refractivity contribution in [1.82, 2.24) is 0 Å². The van der Waals surface area contributed by atoms with E-state index >= 15 is 0 Å². The van der Waals surface area contributed by atoms with Crippen molar-refractivity contribution in [3.8, 4) is 11.5 Å². The molecule has 0 amide bonds. The smallest absolute Gasteiger partial charge is 0.497 e. The molecule has 1 N–H and O–H groups in total. The van der Waals surface area contributed by atoms with E-state index in [9.17, 15) is 22.4 Å². The van der Waals surface area contributed by atoms with Crippen LogP contribution in [0.3, 0.4) is 0 Å². The fourth-order valence-corrected chi connectivity index (χ4v) is 2.31. The summed E-state index contributed by atoms with van der Waals surface area (Å²) in [6, 6.07) is 12.2. The van der Waals surface area contributed by atoms with Gasteiger partial charge in [-0.15, -0.1) is 18.1 Å². The van der Waals surface area contributed by atoms with Gasteiger partial charge in [0, 0.05) is 6.42 Å². The predicted molar refractivity (Wildman–Crippen MR) is 92.1 cm³/mol. The topological polar surface area (TPSA) is 74.2 Å². The van der Waals surface area contributed by atoms with Crippen LogP contribution in [-0.4, -0.2) is 37.3 Å². The monoisotopic (exact) mass is 418 g/mol. The Morgan fingerprint density at radius 2 is 1.79 bits per heavy atom. The number of methoxy groups -OCH3 is 1. The molecule has 0 fully saturated rings. The van der Waals surface area contributed by atoms with Crippen molar-refractivity contribution in [2.75, 3.05) is 13.7 Å². The van der Waals surface area contributed by atoms with Crippen molar-refractivity contribution >= 4 is 5.97 Å². The van der Waals surface area contributed by atoms with Gasteiger partial charge < -0.3 is 14.6 Å². The van der Waals surface area contributed by atoms with Crippen LogP contribution >= 0.6 is 0 Å². The molecule has 0 saturated carbocycles. The first-order chi connectivity index (χ1) is 13.7. The number of carboxylic acid groups (broad SMARTS) is 1. The maximum atomic E-state index is 14.3. The summed E-state index contributed by atoms with van der Waals surface area (Å²) in [6.45, 7) is -0.271. The Morgan fingerprint density at radius 1 is 1.10 bits per heavy atom. The Morgan fingerprint density at radius 3 is 2.38 bits per heavy atom. The van der Waals surface area contributed by atoms with Crippen molar-refractivity contribution in [3.05, 3.63) is 59.7 Å². The number of carbonyl (C=O) groups is 1. The standard InChI is InChI=1S/C19H18F4O6/c1-26-15-4-2-3-13(10-15)16(20)11-27-14-7-5-12(6-8-14)9-17(18(24)25)28-29-19(21,22)23/h2-8,10,16-17H,9,11H2,1H3,(H,24,25). The number of halogens is 4. The number of hydrogen-bond acceptors (Lipinski definition) is 5. The van der Waals surface area contributed by atoms with Gasteiger partial charge in [0.15, 0.2) is 12.3 Å². The van der Waals surface area contributed by atoms with Gasteiger partial charge >= 0.3 is 12.3 Å². The molecule has 2 rings (SSSR count). The molecule has 29 heavy (non-hydrogen) atoms. The van der Waals surface area contributed by atoms with E-state index in [0.717, 1.165) is 0 Å². The molecule has 2 aromatic carbocycles. The van der Waals surface area contributed by atoms with E-state index in [-0.39, 0.29) is 13.0 Å². The highest BCUT2D eigenvalue weighted by atomic mass is 19.4. The first kappa shape index (κ1) is 22.4. The molecule has 0 heterocycles. The van der Waals surface area contributed by atoms with Crippen LogP contribution in [0.2, 0.25) is 0 Å². The fraction of sp³-hybridized carbons (Fsp3) is 0.316. The average Bonchev–Trinajstić information content (AvgIpc) is 2.69. The van der Waals surface area contributed by atoms with E-state index in [1.54, 1.807) is 24.3 Å². The van der Waals surface area contributed by atoms with E-state index in [4.69, 9.17) is 14.6 Å². The second-order valence-electron chi connectivity index (χ2n) is 5.86. The Hall–Kier alpha value is -2.85. The molecular formula is C19H18F4O6. The molecule has 0 aromatic heterocycles. The Labute approximate surface area is 163 Å². The average molecular weight is 418 g/mol. The molecule has 2 aromatic rings. The zero-order chi connectivity index (χ0) is 21.4. The molecule has 0 aliphatic rings. The lowest BCUT2D eigenvalue weighted by Gasteiger charge is -2.14. The summed E-state index contributed by atoms with van der Waals surface area (Å²) in [5.41, 5.74) is 0.743. The van der Waals surface area contributed by atoms with Crippen molar-refractivity contribution in [2.45, 2.75) is 25.1 Å². The number of aliphatic carboxylic acids is 1. The maximum absolute atomic E-state index is 14.3. The number of carboxylic acids is 1. The SMILES string of the molecule is COc1cccc(C(F)COc2ccc(CC(OOC(F)(F)F)C(=O)O)cc2)c1. The zero-order valence-electron chi connectivity index (χ0n) is 15.2. The van der Waals surface area contributed by atoms with Crippen LogP contribution in [0.1, 0.15) is 17.3 Å². The van der Waals surface area contributed by atoms with Crippen LogP contribution in [0.15, 0.2) is 48.5 Å². The lowest BCUT2D eigenvalue weighted by molar-refractivity contribution is -0.492. The van der Waals surface area contributed by atoms with Crippen LogP contribution in [0.4, 0.5) is 17.6 Å². The maximum Gasteiger partial charge on any atom is 0.549 e. The van der Waals surface area contributed by atoms with Gasteiger partial charge in [0.2, 0.25) is 0 Å². The zero-order valence-corrected chi connectivity index (χ0v) is 15.2. The molecule has 0 bridgehead atoms. The van der Waals surface area contributed by atoms with Crippen molar-refractivity contribution in [3.63, 3.8) is 0 Å². The first-order valence-electron chi connectivity index (χ1n) is 8.31. The van der Waals surface area contributed by atoms with E-state index < -0.39 is 24.6 Å². The fourth-order valence-electron chi connectivity index (χ4n) is 2.31. The number of ether oxygens (including phenoxy) is 2. The third-order valence-electron chi connectivity index (χ3n) is 3.73. The third-order valence-corrected chi connectivity index (χ3v) is 3.73. The molecule has 2 atom stereocenters.